The second-order valence-corrected chi connectivity index (χ2v) is 7.24. The number of hydrogen-bond donors (Lipinski definition) is 1. The highest BCUT2D eigenvalue weighted by molar-refractivity contribution is 5.47. The molecule has 130 valence electrons. The fourth-order valence-corrected chi connectivity index (χ4v) is 4.65. The maximum atomic E-state index is 11.0. The maximum absolute atomic E-state index is 11.0. The number of rotatable bonds is 3. The van der Waals surface area contributed by atoms with Crippen LogP contribution in [0.4, 0.5) is 0 Å². The molecule has 0 aliphatic heterocycles. The van der Waals surface area contributed by atoms with Crippen LogP contribution in [0, 0.1) is 0 Å². The van der Waals surface area contributed by atoms with Crippen molar-refractivity contribution in [1.29, 1.82) is 0 Å². The summed E-state index contributed by atoms with van der Waals surface area (Å²) in [5.41, 5.74) is 5.80. The van der Waals surface area contributed by atoms with Crippen LogP contribution in [0.15, 0.2) is 73.1 Å². The average Bonchev–Trinajstić information content (AvgIpc) is 2.71. The summed E-state index contributed by atoms with van der Waals surface area (Å²) in [5.74, 6) is 0.413. The van der Waals surface area contributed by atoms with Gasteiger partial charge in [-0.05, 0) is 40.3 Å². The molecule has 26 heavy (non-hydrogen) atoms. The first-order valence-electron chi connectivity index (χ1n) is 9.19. The van der Waals surface area contributed by atoms with Crippen LogP contribution in [0.1, 0.15) is 58.3 Å². The zero-order valence-electron chi connectivity index (χ0n) is 14.5. The molecular formula is C23H21NO2. The van der Waals surface area contributed by atoms with E-state index >= 15 is 0 Å². The molecule has 0 fully saturated rings. The highest BCUT2D eigenvalue weighted by Gasteiger charge is 2.44. The van der Waals surface area contributed by atoms with Gasteiger partial charge in [-0.1, -0.05) is 54.6 Å². The molecule has 2 aliphatic rings. The molecule has 0 spiro atoms. The van der Waals surface area contributed by atoms with E-state index in [9.17, 15) is 5.11 Å². The van der Waals surface area contributed by atoms with E-state index in [1.807, 2.05) is 24.4 Å². The number of ether oxygens (including phenoxy) is 1. The van der Waals surface area contributed by atoms with Gasteiger partial charge in [0.2, 0.25) is 0 Å². The smallest absolute Gasteiger partial charge is 0.0901 e. The van der Waals surface area contributed by atoms with E-state index in [0.717, 1.165) is 17.5 Å². The monoisotopic (exact) mass is 343 g/mol. The van der Waals surface area contributed by atoms with Crippen LogP contribution >= 0.6 is 0 Å². The average molecular weight is 343 g/mol. The van der Waals surface area contributed by atoms with E-state index in [1.165, 1.54) is 16.7 Å². The number of pyridine rings is 1. The minimum Gasteiger partial charge on any atom is -0.388 e. The van der Waals surface area contributed by atoms with Gasteiger partial charge >= 0.3 is 0 Å². The van der Waals surface area contributed by atoms with Crippen LogP contribution in [-0.4, -0.2) is 10.1 Å². The van der Waals surface area contributed by atoms with Gasteiger partial charge in [-0.3, -0.25) is 4.98 Å². The van der Waals surface area contributed by atoms with Gasteiger partial charge in [0.05, 0.1) is 18.8 Å². The highest BCUT2D eigenvalue weighted by atomic mass is 16.5. The Labute approximate surface area is 153 Å². The SMILES string of the molecule is O[C@@H]1c2ccccc2[C@H]2C[C@@H]1c1ccccc1[C@H]2OCc1cccnc1. The number of aliphatic hydroxyl groups excluding tert-OH is 1. The Balaban J connectivity index is 1.56. The van der Waals surface area contributed by atoms with Crippen LogP contribution in [0.3, 0.4) is 0 Å². The first kappa shape index (κ1) is 15.7. The van der Waals surface area contributed by atoms with Gasteiger partial charge < -0.3 is 9.84 Å². The van der Waals surface area contributed by atoms with Crippen LogP contribution in [0.25, 0.3) is 0 Å². The van der Waals surface area contributed by atoms with E-state index < -0.39 is 6.10 Å². The third kappa shape index (κ3) is 2.47. The Bertz CT molecular complexity index is 924. The number of fused-ring (bicyclic) bond motifs is 6. The highest BCUT2D eigenvalue weighted by Crippen LogP contribution is 2.56. The normalized spacial score (nSPS) is 26.0. The predicted octanol–water partition coefficient (Wildman–Crippen LogP) is 4.66. The molecule has 0 amide bonds. The number of nitrogens with zero attached hydrogens (tertiary/aromatic N) is 1. The zero-order chi connectivity index (χ0) is 17.5. The summed E-state index contributed by atoms with van der Waals surface area (Å²) in [6, 6.07) is 20.7. The van der Waals surface area contributed by atoms with Gasteiger partial charge in [-0.25, -0.2) is 0 Å². The predicted molar refractivity (Wildman–Crippen MR) is 99.7 cm³/mol. The number of hydrogen-bond acceptors (Lipinski definition) is 3. The molecule has 0 saturated carbocycles. The van der Waals surface area contributed by atoms with E-state index in [2.05, 4.69) is 47.4 Å². The lowest BCUT2D eigenvalue weighted by molar-refractivity contribution is -0.00482. The third-order valence-corrected chi connectivity index (χ3v) is 5.82. The van der Waals surface area contributed by atoms with Crippen molar-refractivity contribution in [1.82, 2.24) is 4.98 Å². The zero-order valence-corrected chi connectivity index (χ0v) is 14.5. The molecule has 0 saturated heterocycles. The Hall–Kier alpha value is -2.49. The molecule has 2 bridgehead atoms. The standard InChI is InChI=1S/C23H21NO2/c25-22-18-9-3-1-7-16(18)21-12-20(22)17-8-2-4-10-19(17)23(21)26-14-15-6-5-11-24-13-15/h1-11,13,20-23,25H,12,14H2/t20-,21-,22-,23-/m1/s1. The van der Waals surface area contributed by atoms with Crippen LogP contribution in [0.2, 0.25) is 0 Å². The fourth-order valence-electron chi connectivity index (χ4n) is 4.65. The second-order valence-electron chi connectivity index (χ2n) is 7.24. The molecule has 5 rings (SSSR count). The maximum Gasteiger partial charge on any atom is 0.0901 e. The molecule has 1 aromatic heterocycles. The Morgan fingerprint density at radius 1 is 0.846 bits per heavy atom. The lowest BCUT2D eigenvalue weighted by atomic mass is 9.64. The van der Waals surface area contributed by atoms with Gasteiger partial charge in [0.25, 0.3) is 0 Å². The molecule has 2 aliphatic carbocycles. The minimum absolute atomic E-state index is 0.00342. The van der Waals surface area contributed by atoms with Gasteiger partial charge in [0.15, 0.2) is 0 Å². The number of aliphatic hydroxyl groups is 1. The van der Waals surface area contributed by atoms with Gasteiger partial charge in [-0.15, -0.1) is 0 Å². The van der Waals surface area contributed by atoms with E-state index in [4.69, 9.17) is 4.74 Å². The van der Waals surface area contributed by atoms with Gasteiger partial charge in [0, 0.05) is 24.2 Å². The van der Waals surface area contributed by atoms with E-state index in [0.29, 0.717) is 6.61 Å². The van der Waals surface area contributed by atoms with Crippen molar-refractivity contribution in [3.63, 3.8) is 0 Å². The van der Waals surface area contributed by atoms with Crippen molar-refractivity contribution >= 4 is 0 Å². The van der Waals surface area contributed by atoms with Crippen molar-refractivity contribution in [2.45, 2.75) is 37.1 Å². The molecule has 2 aromatic carbocycles. The molecule has 1 heterocycles. The van der Waals surface area contributed by atoms with Crippen molar-refractivity contribution < 1.29 is 9.84 Å². The Morgan fingerprint density at radius 3 is 2.27 bits per heavy atom. The molecule has 0 radical (unpaired) electrons. The third-order valence-electron chi connectivity index (χ3n) is 5.82. The van der Waals surface area contributed by atoms with Crippen LogP contribution in [-0.2, 0) is 11.3 Å². The summed E-state index contributed by atoms with van der Waals surface area (Å²) in [5, 5.41) is 11.0. The topological polar surface area (TPSA) is 42.4 Å². The van der Waals surface area contributed by atoms with E-state index in [-0.39, 0.29) is 17.9 Å². The van der Waals surface area contributed by atoms with Crippen LogP contribution in [0.5, 0.6) is 0 Å². The first-order chi connectivity index (χ1) is 12.8. The summed E-state index contributed by atoms with van der Waals surface area (Å²) >= 11 is 0. The molecule has 3 heteroatoms. The first-order valence-corrected chi connectivity index (χ1v) is 9.19. The molecule has 3 aromatic rings. The van der Waals surface area contributed by atoms with Crippen molar-refractivity contribution in [3.8, 4) is 0 Å². The summed E-state index contributed by atoms with van der Waals surface area (Å²) in [6.45, 7) is 0.540. The molecule has 0 unspecified atom stereocenters. The fraction of sp³-hybridized carbons (Fsp3) is 0.261. The molecule has 1 N–H and O–H groups in total. The Kier molecular flexibility index (Phi) is 3.84. The number of benzene rings is 2. The quantitative estimate of drug-likeness (QED) is 0.752. The van der Waals surface area contributed by atoms with E-state index in [1.54, 1.807) is 6.20 Å². The largest absolute Gasteiger partial charge is 0.388 e. The lowest BCUT2D eigenvalue weighted by Gasteiger charge is -2.45. The lowest BCUT2D eigenvalue weighted by Crippen LogP contribution is -2.32. The summed E-state index contributed by atoms with van der Waals surface area (Å²) < 4.78 is 6.45. The second kappa shape index (κ2) is 6.35. The van der Waals surface area contributed by atoms with Gasteiger partial charge in [0.1, 0.15) is 0 Å². The van der Waals surface area contributed by atoms with Crippen molar-refractivity contribution in [2.24, 2.45) is 0 Å². The minimum atomic E-state index is -0.442. The Morgan fingerprint density at radius 2 is 1.54 bits per heavy atom. The molecule has 4 atom stereocenters. The van der Waals surface area contributed by atoms with Crippen LogP contribution < -0.4 is 0 Å². The van der Waals surface area contributed by atoms with Gasteiger partial charge in [-0.2, -0.15) is 0 Å². The van der Waals surface area contributed by atoms with Crippen molar-refractivity contribution in [3.05, 3.63) is 101 Å². The molecule has 3 nitrogen and oxygen atoms in total. The summed E-state index contributed by atoms with van der Waals surface area (Å²) in [6.07, 6.45) is 4.12. The summed E-state index contributed by atoms with van der Waals surface area (Å²) in [4.78, 5) is 4.19. The number of aromatic nitrogens is 1. The molecular weight excluding hydrogens is 322 g/mol. The summed E-state index contributed by atoms with van der Waals surface area (Å²) in [7, 11) is 0. The van der Waals surface area contributed by atoms with Crippen molar-refractivity contribution in [2.75, 3.05) is 0 Å².